The van der Waals surface area contributed by atoms with E-state index in [2.05, 4.69) is 0 Å². The average Bonchev–Trinajstić information content (AvgIpc) is 2.68. The van der Waals surface area contributed by atoms with Crippen LogP contribution in [0.4, 0.5) is 0 Å². The Hall–Kier alpha value is -1.42. The van der Waals surface area contributed by atoms with Crippen molar-refractivity contribution in [3.8, 4) is 0 Å². The van der Waals surface area contributed by atoms with Crippen LogP contribution in [0, 0.1) is 0 Å². The van der Waals surface area contributed by atoms with Crippen molar-refractivity contribution in [1.29, 1.82) is 0 Å². The highest BCUT2D eigenvalue weighted by molar-refractivity contribution is 8.04. The van der Waals surface area contributed by atoms with E-state index in [1.807, 2.05) is 35.2 Å². The van der Waals surface area contributed by atoms with Crippen LogP contribution in [0.3, 0.4) is 0 Å². The fraction of sp³-hybridized carbons (Fsp3) is 0.182. The van der Waals surface area contributed by atoms with E-state index in [1.165, 1.54) is 17.3 Å². The maximum absolute atomic E-state index is 10.7. The van der Waals surface area contributed by atoms with Gasteiger partial charge >= 0.3 is 5.97 Å². The molecule has 0 radical (unpaired) electrons. The molecule has 0 amide bonds. The van der Waals surface area contributed by atoms with Gasteiger partial charge in [0.1, 0.15) is 4.91 Å². The van der Waals surface area contributed by atoms with Gasteiger partial charge in [0.05, 0.1) is 5.88 Å². The normalized spacial score (nSPS) is 15.2. The van der Waals surface area contributed by atoms with E-state index >= 15 is 0 Å². The minimum absolute atomic E-state index is 0.422. The minimum Gasteiger partial charge on any atom is -0.477 e. The smallest absolute Gasteiger partial charge is 0.343 e. The van der Waals surface area contributed by atoms with Crippen molar-refractivity contribution in [1.82, 2.24) is 4.90 Å². The summed E-state index contributed by atoms with van der Waals surface area (Å²) in [5.41, 5.74) is 1.20. The average molecular weight is 221 g/mol. The van der Waals surface area contributed by atoms with Gasteiger partial charge in [0, 0.05) is 12.7 Å². The molecular weight excluding hydrogens is 210 g/mol. The molecule has 0 unspecified atom stereocenters. The van der Waals surface area contributed by atoms with Crippen LogP contribution in [0.2, 0.25) is 0 Å². The summed E-state index contributed by atoms with van der Waals surface area (Å²) in [6.07, 6.45) is 1.71. The number of nitrogens with zero attached hydrogens (tertiary/aromatic N) is 1. The summed E-state index contributed by atoms with van der Waals surface area (Å²) in [5.74, 6) is -0.119. The Kier molecular flexibility index (Phi) is 2.97. The van der Waals surface area contributed by atoms with E-state index in [4.69, 9.17) is 5.11 Å². The zero-order chi connectivity index (χ0) is 10.7. The van der Waals surface area contributed by atoms with Crippen LogP contribution < -0.4 is 0 Å². The number of carbonyl (C=O) groups is 1. The first-order valence-electron chi connectivity index (χ1n) is 4.61. The van der Waals surface area contributed by atoms with E-state index in [1.54, 1.807) is 6.20 Å². The summed E-state index contributed by atoms with van der Waals surface area (Å²) in [6.45, 7) is 0.768. The van der Waals surface area contributed by atoms with Crippen molar-refractivity contribution in [3.05, 3.63) is 47.0 Å². The van der Waals surface area contributed by atoms with Crippen LogP contribution in [-0.2, 0) is 11.3 Å². The highest BCUT2D eigenvalue weighted by Gasteiger charge is 2.18. The predicted molar refractivity (Wildman–Crippen MR) is 60.2 cm³/mol. The van der Waals surface area contributed by atoms with Crippen LogP contribution in [-0.4, -0.2) is 21.9 Å². The Morgan fingerprint density at radius 3 is 2.73 bits per heavy atom. The number of thioether (sulfide) groups is 1. The lowest BCUT2D eigenvalue weighted by Gasteiger charge is -2.13. The predicted octanol–water partition coefficient (Wildman–Crippen LogP) is 2.12. The topological polar surface area (TPSA) is 40.5 Å². The van der Waals surface area contributed by atoms with Gasteiger partial charge in [0.2, 0.25) is 0 Å². The lowest BCUT2D eigenvalue weighted by atomic mass is 10.2. The molecule has 15 heavy (non-hydrogen) atoms. The Labute approximate surface area is 92.4 Å². The van der Waals surface area contributed by atoms with Gasteiger partial charge in [-0.3, -0.25) is 0 Å². The van der Waals surface area contributed by atoms with Gasteiger partial charge < -0.3 is 10.0 Å². The Morgan fingerprint density at radius 2 is 2.13 bits per heavy atom. The second-order valence-corrected chi connectivity index (χ2v) is 4.29. The number of carboxylic acids is 1. The summed E-state index contributed by atoms with van der Waals surface area (Å²) in [5, 5.41) is 8.78. The molecule has 1 N–H and O–H groups in total. The van der Waals surface area contributed by atoms with Gasteiger partial charge in [-0.2, -0.15) is 0 Å². The highest BCUT2D eigenvalue weighted by Crippen LogP contribution is 2.26. The van der Waals surface area contributed by atoms with Gasteiger partial charge in [0.15, 0.2) is 0 Å². The van der Waals surface area contributed by atoms with E-state index in [9.17, 15) is 4.79 Å². The molecule has 0 spiro atoms. The lowest BCUT2D eigenvalue weighted by molar-refractivity contribution is -0.131. The van der Waals surface area contributed by atoms with Crippen molar-refractivity contribution in [2.45, 2.75) is 6.54 Å². The number of hydrogen-bond donors (Lipinski definition) is 1. The van der Waals surface area contributed by atoms with Crippen molar-refractivity contribution in [2.75, 3.05) is 5.88 Å². The molecule has 0 saturated carbocycles. The van der Waals surface area contributed by atoms with Crippen molar-refractivity contribution >= 4 is 17.7 Å². The highest BCUT2D eigenvalue weighted by atomic mass is 32.2. The van der Waals surface area contributed by atoms with Crippen LogP contribution in [0.5, 0.6) is 0 Å². The molecule has 78 valence electrons. The quantitative estimate of drug-likeness (QED) is 0.848. The third-order valence-corrected chi connectivity index (χ3v) is 3.18. The van der Waals surface area contributed by atoms with Gasteiger partial charge in [-0.1, -0.05) is 42.1 Å². The van der Waals surface area contributed by atoms with Crippen LogP contribution in [0.15, 0.2) is 41.4 Å². The number of rotatable bonds is 3. The molecule has 0 saturated heterocycles. The molecule has 0 fully saturated rings. The Morgan fingerprint density at radius 1 is 1.40 bits per heavy atom. The van der Waals surface area contributed by atoms with E-state index < -0.39 is 5.97 Å². The SMILES string of the molecule is O=C(O)C1=CN(Cc2ccccc2)CS1. The molecule has 4 heteroatoms. The molecule has 0 aliphatic carbocycles. The number of hydrogen-bond acceptors (Lipinski definition) is 3. The summed E-state index contributed by atoms with van der Waals surface area (Å²) < 4.78 is 0. The monoisotopic (exact) mass is 221 g/mol. The van der Waals surface area contributed by atoms with Gasteiger partial charge in [0.25, 0.3) is 0 Å². The maximum Gasteiger partial charge on any atom is 0.343 e. The molecule has 0 atom stereocenters. The molecule has 1 aliphatic heterocycles. The third kappa shape index (κ3) is 2.53. The fourth-order valence-corrected chi connectivity index (χ4v) is 2.24. The molecule has 2 rings (SSSR count). The minimum atomic E-state index is -0.837. The molecule has 0 bridgehead atoms. The van der Waals surface area contributed by atoms with Crippen molar-refractivity contribution in [3.63, 3.8) is 0 Å². The molecule has 3 nitrogen and oxygen atoms in total. The summed E-state index contributed by atoms with van der Waals surface area (Å²) in [4.78, 5) is 13.1. The van der Waals surface area contributed by atoms with E-state index in [0.717, 1.165) is 12.4 Å². The zero-order valence-corrected chi connectivity index (χ0v) is 8.91. The summed E-state index contributed by atoms with van der Waals surface area (Å²) in [6, 6.07) is 10.0. The molecular formula is C11H11NO2S. The first kappa shape index (κ1) is 10.1. The molecule has 1 aromatic rings. The van der Waals surface area contributed by atoms with E-state index in [0.29, 0.717) is 4.91 Å². The molecule has 0 aromatic heterocycles. The van der Waals surface area contributed by atoms with Crippen LogP contribution in [0.25, 0.3) is 0 Å². The first-order valence-corrected chi connectivity index (χ1v) is 5.60. The molecule has 1 aliphatic rings. The zero-order valence-electron chi connectivity index (χ0n) is 8.09. The van der Waals surface area contributed by atoms with Crippen LogP contribution >= 0.6 is 11.8 Å². The number of benzene rings is 1. The van der Waals surface area contributed by atoms with E-state index in [-0.39, 0.29) is 0 Å². The second kappa shape index (κ2) is 4.40. The van der Waals surface area contributed by atoms with Crippen molar-refractivity contribution in [2.24, 2.45) is 0 Å². The van der Waals surface area contributed by atoms with Gasteiger partial charge in [-0.25, -0.2) is 4.79 Å². The summed E-state index contributed by atoms with van der Waals surface area (Å²) >= 11 is 1.37. The Bertz CT molecular complexity index is 389. The maximum atomic E-state index is 10.7. The Balaban J connectivity index is 2.01. The van der Waals surface area contributed by atoms with Crippen molar-refractivity contribution < 1.29 is 9.90 Å². The fourth-order valence-electron chi connectivity index (χ4n) is 1.42. The molecule has 1 heterocycles. The number of carboxylic acid groups (broad SMARTS) is 1. The first-order chi connectivity index (χ1) is 7.25. The number of aliphatic carboxylic acids is 1. The van der Waals surface area contributed by atoms with Gasteiger partial charge in [-0.15, -0.1) is 0 Å². The standard InChI is InChI=1S/C11H11NO2S/c13-11(14)10-7-12(8-15-10)6-9-4-2-1-3-5-9/h1-5,7H,6,8H2,(H,13,14). The largest absolute Gasteiger partial charge is 0.477 e. The van der Waals surface area contributed by atoms with Crippen LogP contribution in [0.1, 0.15) is 5.56 Å². The molecule has 1 aromatic carbocycles. The van der Waals surface area contributed by atoms with Gasteiger partial charge in [-0.05, 0) is 5.56 Å². The second-order valence-electron chi connectivity index (χ2n) is 3.30. The third-order valence-electron chi connectivity index (χ3n) is 2.12. The summed E-state index contributed by atoms with van der Waals surface area (Å²) in [7, 11) is 0. The lowest BCUT2D eigenvalue weighted by Crippen LogP contribution is -2.12.